The van der Waals surface area contributed by atoms with E-state index in [0.29, 0.717) is 26.6 Å². The summed E-state index contributed by atoms with van der Waals surface area (Å²) in [5.74, 6) is -0.684. The van der Waals surface area contributed by atoms with Crippen LogP contribution in [0.2, 0.25) is 10.0 Å². The van der Waals surface area contributed by atoms with Crippen LogP contribution in [0, 0.1) is 0 Å². The number of amides is 1. The van der Waals surface area contributed by atoms with Gasteiger partial charge in [-0.15, -0.1) is 10.2 Å². The SMILES string of the molecule is O=C(NO)c1cc2cc(Cl)cc(Cl)c2n2cnnc12. The molecule has 0 fully saturated rings. The van der Waals surface area contributed by atoms with Crippen LogP contribution in [0.3, 0.4) is 0 Å². The fourth-order valence-electron chi connectivity index (χ4n) is 1.98. The molecule has 2 heterocycles. The van der Waals surface area contributed by atoms with Crippen LogP contribution >= 0.6 is 23.2 Å². The Labute approximate surface area is 116 Å². The number of benzene rings is 1. The number of hydrogen-bond donors (Lipinski definition) is 2. The Morgan fingerprint density at radius 2 is 2.11 bits per heavy atom. The van der Waals surface area contributed by atoms with Gasteiger partial charge in [0.1, 0.15) is 6.33 Å². The molecule has 0 aliphatic rings. The molecule has 0 aliphatic carbocycles. The number of rotatable bonds is 1. The molecule has 3 aromatic rings. The fourth-order valence-corrected chi connectivity index (χ4v) is 2.58. The molecule has 0 aliphatic heterocycles. The van der Waals surface area contributed by atoms with Gasteiger partial charge in [0.2, 0.25) is 0 Å². The zero-order valence-electron chi connectivity index (χ0n) is 9.26. The van der Waals surface area contributed by atoms with Crippen molar-refractivity contribution >= 4 is 45.7 Å². The lowest BCUT2D eigenvalue weighted by Gasteiger charge is -2.08. The van der Waals surface area contributed by atoms with Crippen LogP contribution in [-0.2, 0) is 0 Å². The fraction of sp³-hybridized carbons (Fsp3) is 0. The van der Waals surface area contributed by atoms with Gasteiger partial charge in [0.15, 0.2) is 5.65 Å². The lowest BCUT2D eigenvalue weighted by molar-refractivity contribution is 0.0708. The predicted octanol–water partition coefficient (Wildman–Crippen LogP) is 2.31. The van der Waals surface area contributed by atoms with Gasteiger partial charge in [-0.2, -0.15) is 0 Å². The molecule has 0 saturated carbocycles. The normalized spacial score (nSPS) is 11.1. The molecule has 1 amide bonds. The summed E-state index contributed by atoms with van der Waals surface area (Å²) in [6.45, 7) is 0. The lowest BCUT2D eigenvalue weighted by atomic mass is 10.1. The van der Waals surface area contributed by atoms with Gasteiger partial charge in [-0.3, -0.25) is 14.4 Å². The molecule has 0 bridgehead atoms. The second kappa shape index (κ2) is 4.34. The Hall–Kier alpha value is -1.89. The van der Waals surface area contributed by atoms with Crippen molar-refractivity contribution in [3.05, 3.63) is 40.1 Å². The number of nitrogens with zero attached hydrogens (tertiary/aromatic N) is 3. The highest BCUT2D eigenvalue weighted by molar-refractivity contribution is 6.38. The van der Waals surface area contributed by atoms with Crippen molar-refractivity contribution in [1.29, 1.82) is 0 Å². The Morgan fingerprint density at radius 1 is 1.32 bits per heavy atom. The largest absolute Gasteiger partial charge is 0.288 e. The van der Waals surface area contributed by atoms with E-state index in [0.717, 1.165) is 0 Å². The monoisotopic (exact) mass is 296 g/mol. The molecule has 2 aromatic heterocycles. The molecule has 8 heteroatoms. The molecule has 6 nitrogen and oxygen atoms in total. The van der Waals surface area contributed by atoms with Crippen molar-refractivity contribution in [3.8, 4) is 0 Å². The van der Waals surface area contributed by atoms with E-state index in [1.807, 2.05) is 0 Å². The molecule has 0 spiro atoms. The standard InChI is InChI=1S/C11H6Cl2N4O2/c12-6-1-5-2-7(11(18)16-19)10-15-14-4-17(10)9(5)8(13)3-6/h1-4,19H,(H,16,18). The van der Waals surface area contributed by atoms with Gasteiger partial charge in [0.25, 0.3) is 5.91 Å². The number of hydrogen-bond acceptors (Lipinski definition) is 4. The molecule has 3 rings (SSSR count). The summed E-state index contributed by atoms with van der Waals surface area (Å²) < 4.78 is 1.57. The second-order valence-electron chi connectivity index (χ2n) is 3.85. The van der Waals surface area contributed by atoms with Gasteiger partial charge in [-0.25, -0.2) is 5.48 Å². The predicted molar refractivity (Wildman–Crippen MR) is 69.8 cm³/mol. The van der Waals surface area contributed by atoms with E-state index in [2.05, 4.69) is 10.2 Å². The molecular formula is C11H6Cl2N4O2. The number of hydroxylamine groups is 1. The third-order valence-electron chi connectivity index (χ3n) is 2.73. The molecule has 0 radical (unpaired) electrons. The maximum absolute atomic E-state index is 11.6. The maximum Gasteiger partial charge on any atom is 0.278 e. The molecule has 96 valence electrons. The van der Waals surface area contributed by atoms with Gasteiger partial charge >= 0.3 is 0 Å². The van der Waals surface area contributed by atoms with Crippen molar-refractivity contribution in [2.24, 2.45) is 0 Å². The average molecular weight is 297 g/mol. The summed E-state index contributed by atoms with van der Waals surface area (Å²) in [7, 11) is 0. The van der Waals surface area contributed by atoms with E-state index in [9.17, 15) is 4.79 Å². The number of nitrogens with one attached hydrogen (secondary N) is 1. The molecule has 0 atom stereocenters. The van der Waals surface area contributed by atoms with Crippen molar-refractivity contribution in [1.82, 2.24) is 20.1 Å². The Bertz CT molecular complexity index is 815. The first-order valence-corrected chi connectivity index (χ1v) is 5.93. The minimum absolute atomic E-state index is 0.172. The van der Waals surface area contributed by atoms with Crippen LogP contribution in [0.15, 0.2) is 24.5 Å². The Morgan fingerprint density at radius 3 is 2.84 bits per heavy atom. The quantitative estimate of drug-likeness (QED) is 0.533. The number of halogens is 2. The third kappa shape index (κ3) is 1.81. The van der Waals surface area contributed by atoms with Crippen LogP contribution in [0.1, 0.15) is 10.4 Å². The van der Waals surface area contributed by atoms with E-state index in [1.165, 1.54) is 6.33 Å². The molecule has 19 heavy (non-hydrogen) atoms. The molecule has 0 unspecified atom stereocenters. The highest BCUT2D eigenvalue weighted by atomic mass is 35.5. The van der Waals surface area contributed by atoms with Gasteiger partial charge in [0, 0.05) is 10.4 Å². The van der Waals surface area contributed by atoms with Gasteiger partial charge < -0.3 is 0 Å². The van der Waals surface area contributed by atoms with Crippen molar-refractivity contribution in [2.45, 2.75) is 0 Å². The van der Waals surface area contributed by atoms with Crippen LogP contribution < -0.4 is 5.48 Å². The highest BCUT2D eigenvalue weighted by Gasteiger charge is 2.16. The lowest BCUT2D eigenvalue weighted by Crippen LogP contribution is -2.19. The molecule has 1 aromatic carbocycles. The maximum atomic E-state index is 11.6. The smallest absolute Gasteiger partial charge is 0.278 e. The number of carbonyl (C=O) groups is 1. The van der Waals surface area contributed by atoms with Gasteiger partial charge in [0.05, 0.1) is 16.1 Å². The van der Waals surface area contributed by atoms with Crippen molar-refractivity contribution in [3.63, 3.8) is 0 Å². The molecular weight excluding hydrogens is 291 g/mol. The highest BCUT2D eigenvalue weighted by Crippen LogP contribution is 2.29. The van der Waals surface area contributed by atoms with E-state index >= 15 is 0 Å². The number of pyridine rings is 1. The summed E-state index contributed by atoms with van der Waals surface area (Å²) in [5.41, 5.74) is 2.68. The summed E-state index contributed by atoms with van der Waals surface area (Å²) in [6, 6.07) is 4.80. The first-order valence-electron chi connectivity index (χ1n) is 5.17. The summed E-state index contributed by atoms with van der Waals surface area (Å²) in [4.78, 5) is 11.6. The second-order valence-corrected chi connectivity index (χ2v) is 4.69. The third-order valence-corrected chi connectivity index (χ3v) is 3.24. The van der Waals surface area contributed by atoms with Gasteiger partial charge in [-0.1, -0.05) is 23.2 Å². The van der Waals surface area contributed by atoms with Crippen molar-refractivity contribution < 1.29 is 10.0 Å². The van der Waals surface area contributed by atoms with E-state index in [-0.39, 0.29) is 5.56 Å². The summed E-state index contributed by atoms with van der Waals surface area (Å²) >= 11 is 12.1. The average Bonchev–Trinajstić information content (AvgIpc) is 2.84. The van der Waals surface area contributed by atoms with Crippen LogP contribution in [0.5, 0.6) is 0 Å². The van der Waals surface area contributed by atoms with Crippen LogP contribution in [0.4, 0.5) is 0 Å². The zero-order chi connectivity index (χ0) is 13.6. The first kappa shape index (κ1) is 12.2. The number of fused-ring (bicyclic) bond motifs is 3. The Kier molecular flexibility index (Phi) is 2.78. The van der Waals surface area contributed by atoms with E-state index in [4.69, 9.17) is 28.4 Å². The van der Waals surface area contributed by atoms with Crippen molar-refractivity contribution in [2.75, 3.05) is 0 Å². The minimum atomic E-state index is -0.684. The molecule has 0 saturated heterocycles. The summed E-state index contributed by atoms with van der Waals surface area (Å²) in [5, 5.41) is 17.9. The van der Waals surface area contributed by atoms with Gasteiger partial charge in [-0.05, 0) is 18.2 Å². The zero-order valence-corrected chi connectivity index (χ0v) is 10.8. The minimum Gasteiger partial charge on any atom is -0.288 e. The van der Waals surface area contributed by atoms with Crippen LogP contribution in [0.25, 0.3) is 16.6 Å². The summed E-state index contributed by atoms with van der Waals surface area (Å²) in [6.07, 6.45) is 1.44. The Balaban J connectivity index is 2.51. The first-order chi connectivity index (χ1) is 9.11. The van der Waals surface area contributed by atoms with Crippen LogP contribution in [-0.4, -0.2) is 25.7 Å². The topological polar surface area (TPSA) is 79.5 Å². The number of carbonyl (C=O) groups excluding carboxylic acids is 1. The number of aromatic nitrogens is 3. The van der Waals surface area contributed by atoms with E-state index < -0.39 is 5.91 Å². The molecule has 2 N–H and O–H groups in total. The van der Waals surface area contributed by atoms with E-state index in [1.54, 1.807) is 28.1 Å².